The summed E-state index contributed by atoms with van der Waals surface area (Å²) in [5, 5.41) is 13.3. The van der Waals surface area contributed by atoms with Crippen molar-refractivity contribution < 1.29 is 14.6 Å². The van der Waals surface area contributed by atoms with Crippen molar-refractivity contribution in [3.05, 3.63) is 34.4 Å². The van der Waals surface area contributed by atoms with E-state index in [1.165, 1.54) is 0 Å². The molecular formula is C16H18ClNO3. The third kappa shape index (κ3) is 2.54. The Hall–Kier alpha value is -1.52. The Kier molecular flexibility index (Phi) is 3.46. The number of hydrogen-bond donors (Lipinski definition) is 2. The van der Waals surface area contributed by atoms with Gasteiger partial charge in [-0.1, -0.05) is 25.4 Å². The third-order valence-corrected chi connectivity index (χ3v) is 4.73. The van der Waals surface area contributed by atoms with Crippen LogP contribution in [0.3, 0.4) is 0 Å². The molecule has 4 nitrogen and oxygen atoms in total. The molecule has 1 aromatic rings. The summed E-state index contributed by atoms with van der Waals surface area (Å²) in [6.45, 7) is 4.15. The monoisotopic (exact) mass is 307 g/mol. The van der Waals surface area contributed by atoms with Crippen LogP contribution in [-0.4, -0.2) is 29.8 Å². The van der Waals surface area contributed by atoms with Crippen LogP contribution in [0.1, 0.15) is 25.8 Å². The zero-order valence-electron chi connectivity index (χ0n) is 12.0. The van der Waals surface area contributed by atoms with Gasteiger partial charge in [-0.2, -0.15) is 0 Å². The molecule has 21 heavy (non-hydrogen) atoms. The van der Waals surface area contributed by atoms with E-state index < -0.39 is 0 Å². The topological polar surface area (TPSA) is 58.6 Å². The van der Waals surface area contributed by atoms with Crippen LogP contribution in [0, 0.1) is 5.41 Å². The SMILES string of the molecule is CC1(C)C(O)CC1NC(=O)C1=Cc2cc(Cl)ccc2OC1. The standard InChI is InChI=1S/C16H18ClNO3/c1-16(2)13(7-14(16)19)18-15(20)10-5-9-6-11(17)3-4-12(9)21-8-10/h3-6,13-14,19H,7-8H2,1-2H3,(H,18,20). The molecule has 1 amide bonds. The highest BCUT2D eigenvalue weighted by atomic mass is 35.5. The second-order valence-corrected chi connectivity index (χ2v) is 6.68. The highest BCUT2D eigenvalue weighted by Gasteiger charge is 2.48. The fraction of sp³-hybridized carbons (Fsp3) is 0.438. The largest absolute Gasteiger partial charge is 0.488 e. The summed E-state index contributed by atoms with van der Waals surface area (Å²) < 4.78 is 5.58. The van der Waals surface area contributed by atoms with Crippen molar-refractivity contribution in [1.82, 2.24) is 5.32 Å². The van der Waals surface area contributed by atoms with Crippen LogP contribution in [-0.2, 0) is 4.79 Å². The molecule has 2 aliphatic rings. The summed E-state index contributed by atoms with van der Waals surface area (Å²) >= 11 is 5.96. The molecule has 1 saturated carbocycles. The summed E-state index contributed by atoms with van der Waals surface area (Å²) in [5.74, 6) is 0.584. The number of ether oxygens (including phenoxy) is 1. The van der Waals surface area contributed by atoms with Crippen LogP contribution in [0.4, 0.5) is 0 Å². The molecule has 1 aliphatic carbocycles. The predicted molar refractivity (Wildman–Crippen MR) is 81.3 cm³/mol. The molecule has 0 spiro atoms. The molecule has 2 atom stereocenters. The highest BCUT2D eigenvalue weighted by molar-refractivity contribution is 6.30. The lowest BCUT2D eigenvalue weighted by Crippen LogP contribution is -2.61. The van der Waals surface area contributed by atoms with Gasteiger partial charge >= 0.3 is 0 Å². The molecular weight excluding hydrogens is 290 g/mol. The minimum Gasteiger partial charge on any atom is -0.488 e. The molecule has 112 valence electrons. The van der Waals surface area contributed by atoms with Gasteiger partial charge in [0.15, 0.2) is 0 Å². The second-order valence-electron chi connectivity index (χ2n) is 6.24. The Balaban J connectivity index is 1.74. The molecule has 1 aromatic carbocycles. The quantitative estimate of drug-likeness (QED) is 0.882. The van der Waals surface area contributed by atoms with Gasteiger partial charge in [0.2, 0.25) is 0 Å². The fourth-order valence-electron chi connectivity index (χ4n) is 2.68. The molecule has 5 heteroatoms. The molecule has 2 N–H and O–H groups in total. The zero-order chi connectivity index (χ0) is 15.2. The lowest BCUT2D eigenvalue weighted by molar-refractivity contribution is -0.126. The van der Waals surface area contributed by atoms with E-state index >= 15 is 0 Å². The van der Waals surface area contributed by atoms with Crippen molar-refractivity contribution in [3.63, 3.8) is 0 Å². The van der Waals surface area contributed by atoms with E-state index in [9.17, 15) is 9.90 Å². The normalized spacial score (nSPS) is 26.0. The number of carbonyl (C=O) groups excluding carboxylic acids is 1. The van der Waals surface area contributed by atoms with Crippen molar-refractivity contribution in [3.8, 4) is 5.75 Å². The van der Waals surface area contributed by atoms with Crippen molar-refractivity contribution >= 4 is 23.6 Å². The molecule has 3 rings (SSSR count). The number of nitrogens with one attached hydrogen (secondary N) is 1. The lowest BCUT2D eigenvalue weighted by Gasteiger charge is -2.49. The smallest absolute Gasteiger partial charge is 0.250 e. The molecule has 0 saturated heterocycles. The van der Waals surface area contributed by atoms with Crippen LogP contribution in [0.15, 0.2) is 23.8 Å². The summed E-state index contributed by atoms with van der Waals surface area (Å²) in [6, 6.07) is 5.33. The van der Waals surface area contributed by atoms with Gasteiger partial charge < -0.3 is 15.2 Å². The van der Waals surface area contributed by atoms with E-state index in [1.807, 2.05) is 19.9 Å². The number of hydrogen-bond acceptors (Lipinski definition) is 3. The van der Waals surface area contributed by atoms with E-state index in [1.54, 1.807) is 18.2 Å². The number of aliphatic hydroxyl groups is 1. The van der Waals surface area contributed by atoms with Crippen LogP contribution in [0.25, 0.3) is 6.08 Å². The number of aliphatic hydroxyl groups excluding tert-OH is 1. The van der Waals surface area contributed by atoms with Gasteiger partial charge in [0, 0.05) is 22.0 Å². The maximum Gasteiger partial charge on any atom is 0.250 e. The van der Waals surface area contributed by atoms with Gasteiger partial charge in [-0.25, -0.2) is 0 Å². The summed E-state index contributed by atoms with van der Waals surface area (Å²) in [4.78, 5) is 12.3. The van der Waals surface area contributed by atoms with E-state index in [2.05, 4.69) is 5.32 Å². The Labute approximate surface area is 128 Å². The van der Waals surface area contributed by atoms with Crippen LogP contribution >= 0.6 is 11.6 Å². The molecule has 2 unspecified atom stereocenters. The first-order chi connectivity index (χ1) is 9.88. The van der Waals surface area contributed by atoms with Gasteiger partial charge in [0.25, 0.3) is 5.91 Å². The Morgan fingerprint density at radius 1 is 1.48 bits per heavy atom. The van der Waals surface area contributed by atoms with Crippen molar-refractivity contribution in [2.75, 3.05) is 6.61 Å². The van der Waals surface area contributed by atoms with Crippen LogP contribution in [0.2, 0.25) is 5.02 Å². The first-order valence-electron chi connectivity index (χ1n) is 7.00. The van der Waals surface area contributed by atoms with E-state index in [4.69, 9.17) is 16.3 Å². The van der Waals surface area contributed by atoms with E-state index in [0.717, 1.165) is 11.3 Å². The van der Waals surface area contributed by atoms with Gasteiger partial charge in [0.05, 0.1) is 11.7 Å². The summed E-state index contributed by atoms with van der Waals surface area (Å²) in [6.07, 6.45) is 2.04. The molecule has 0 bridgehead atoms. The van der Waals surface area contributed by atoms with Gasteiger partial charge in [-0.05, 0) is 30.7 Å². The second kappa shape index (κ2) is 5.04. The van der Waals surface area contributed by atoms with Crippen molar-refractivity contribution in [2.45, 2.75) is 32.4 Å². The van der Waals surface area contributed by atoms with E-state index in [-0.39, 0.29) is 30.1 Å². The lowest BCUT2D eigenvalue weighted by atomic mass is 9.64. The molecule has 0 radical (unpaired) electrons. The van der Waals surface area contributed by atoms with Crippen LogP contribution in [0.5, 0.6) is 5.75 Å². The van der Waals surface area contributed by atoms with Crippen molar-refractivity contribution in [1.29, 1.82) is 0 Å². The highest BCUT2D eigenvalue weighted by Crippen LogP contribution is 2.40. The van der Waals surface area contributed by atoms with Crippen molar-refractivity contribution in [2.24, 2.45) is 5.41 Å². The Bertz CT molecular complexity index is 624. The van der Waals surface area contributed by atoms with Gasteiger partial charge in [-0.3, -0.25) is 4.79 Å². The maximum absolute atomic E-state index is 12.3. The number of halogens is 1. The van der Waals surface area contributed by atoms with Gasteiger partial charge in [-0.15, -0.1) is 0 Å². The number of carbonyl (C=O) groups is 1. The zero-order valence-corrected chi connectivity index (χ0v) is 12.8. The van der Waals surface area contributed by atoms with Crippen LogP contribution < -0.4 is 10.1 Å². The third-order valence-electron chi connectivity index (χ3n) is 4.50. The van der Waals surface area contributed by atoms with E-state index in [0.29, 0.717) is 17.0 Å². The number of amides is 1. The summed E-state index contributed by atoms with van der Waals surface area (Å²) in [5.41, 5.74) is 1.10. The number of rotatable bonds is 2. The first-order valence-corrected chi connectivity index (χ1v) is 7.37. The number of fused-ring (bicyclic) bond motifs is 1. The molecule has 1 aliphatic heterocycles. The first kappa shape index (κ1) is 14.4. The minimum atomic E-state index is -0.362. The average molecular weight is 308 g/mol. The molecule has 1 fully saturated rings. The van der Waals surface area contributed by atoms with Gasteiger partial charge in [0.1, 0.15) is 12.4 Å². The molecule has 0 aromatic heterocycles. The Morgan fingerprint density at radius 3 is 2.90 bits per heavy atom. The fourth-order valence-corrected chi connectivity index (χ4v) is 2.86. The average Bonchev–Trinajstić information content (AvgIpc) is 2.46. The maximum atomic E-state index is 12.3. The molecule has 1 heterocycles. The minimum absolute atomic E-state index is 0.0124. The number of benzene rings is 1. The Morgan fingerprint density at radius 2 is 2.24 bits per heavy atom. The predicted octanol–water partition coefficient (Wildman–Crippen LogP) is 2.39. The summed E-state index contributed by atoms with van der Waals surface area (Å²) in [7, 11) is 0.